The molecule has 1 aliphatic rings. The number of hydrogen-bond acceptors (Lipinski definition) is 9. The van der Waals surface area contributed by atoms with Gasteiger partial charge in [0.2, 0.25) is 10.0 Å². The molecule has 0 radical (unpaired) electrons. The second-order valence-corrected chi connectivity index (χ2v) is 12.7. The van der Waals surface area contributed by atoms with Gasteiger partial charge in [0, 0.05) is 13.1 Å². The summed E-state index contributed by atoms with van der Waals surface area (Å²) in [5.41, 5.74) is 0.786. The molecule has 0 unspecified atom stereocenters. The first-order valence-corrected chi connectivity index (χ1v) is 15.8. The number of carbonyl (C=O) groups excluding carboxylic acids is 2. The Kier molecular flexibility index (Phi) is 10.2. The normalized spacial score (nSPS) is 14.5. The molecule has 1 aliphatic heterocycles. The average molecular weight is 653 g/mol. The van der Waals surface area contributed by atoms with E-state index in [4.69, 9.17) is 18.9 Å². The van der Waals surface area contributed by atoms with Crippen molar-refractivity contribution in [2.75, 3.05) is 40.0 Å². The van der Waals surface area contributed by atoms with Crippen LogP contribution in [0, 0.1) is 5.92 Å². The first kappa shape index (κ1) is 30.0. The average Bonchev–Trinajstić information content (AvgIpc) is 3.31. The van der Waals surface area contributed by atoms with Crippen molar-refractivity contribution in [2.24, 2.45) is 5.92 Å². The minimum atomic E-state index is -3.49. The first-order valence-electron chi connectivity index (χ1n) is 12.7. The maximum atomic E-state index is 12.9. The Morgan fingerprint density at radius 3 is 2.45 bits per heavy atom. The molecule has 40 heavy (non-hydrogen) atoms. The zero-order valence-electron chi connectivity index (χ0n) is 22.1. The molecule has 0 amide bonds. The number of hydrogen-bond donors (Lipinski definition) is 0. The quantitative estimate of drug-likeness (QED) is 0.254. The summed E-state index contributed by atoms with van der Waals surface area (Å²) in [4.78, 5) is 25.5. The van der Waals surface area contributed by atoms with Gasteiger partial charge in [0.15, 0.2) is 17.2 Å². The van der Waals surface area contributed by atoms with Gasteiger partial charge in [-0.25, -0.2) is 18.0 Å². The number of piperidine rings is 1. The predicted molar refractivity (Wildman–Crippen MR) is 154 cm³/mol. The summed E-state index contributed by atoms with van der Waals surface area (Å²) in [7, 11) is -2.22. The van der Waals surface area contributed by atoms with Crippen LogP contribution in [0.5, 0.6) is 11.5 Å². The van der Waals surface area contributed by atoms with Crippen molar-refractivity contribution in [3.05, 3.63) is 63.9 Å². The van der Waals surface area contributed by atoms with Gasteiger partial charge in [0.25, 0.3) is 0 Å². The fourth-order valence-corrected chi connectivity index (χ4v) is 7.73. The number of rotatable bonds is 11. The van der Waals surface area contributed by atoms with Crippen molar-refractivity contribution in [3.63, 3.8) is 0 Å². The maximum absolute atomic E-state index is 12.9. The molecule has 1 aromatic heterocycles. The maximum Gasteiger partial charge on any atom is 0.351 e. The number of halogens is 1. The molecule has 1 fully saturated rings. The number of benzene rings is 2. The molecule has 1 saturated heterocycles. The first-order chi connectivity index (χ1) is 19.2. The number of esters is 2. The molecule has 0 bridgehead atoms. The van der Waals surface area contributed by atoms with Crippen LogP contribution in [-0.2, 0) is 24.3 Å². The van der Waals surface area contributed by atoms with E-state index < -0.39 is 22.0 Å². The lowest BCUT2D eigenvalue weighted by molar-refractivity contribution is -0.145. The summed E-state index contributed by atoms with van der Waals surface area (Å²) >= 11 is 4.70. The fourth-order valence-electron chi connectivity index (χ4n) is 4.27. The van der Waals surface area contributed by atoms with Crippen LogP contribution in [0.15, 0.2) is 64.0 Å². The summed E-state index contributed by atoms with van der Waals surface area (Å²) in [6.45, 7) is 2.92. The molecular weight excluding hydrogens is 622 g/mol. The second kappa shape index (κ2) is 13.6. The van der Waals surface area contributed by atoms with E-state index >= 15 is 0 Å². The predicted octanol–water partition coefficient (Wildman–Crippen LogP) is 5.39. The Bertz CT molecular complexity index is 1430. The molecular formula is C28H30BrNO8S2. The van der Waals surface area contributed by atoms with Crippen LogP contribution < -0.4 is 9.47 Å². The monoisotopic (exact) mass is 651 g/mol. The van der Waals surface area contributed by atoms with E-state index in [-0.39, 0.29) is 29.8 Å². The summed E-state index contributed by atoms with van der Waals surface area (Å²) in [6.07, 6.45) is 1.40. The van der Waals surface area contributed by atoms with E-state index in [0.717, 1.165) is 5.56 Å². The molecule has 2 heterocycles. The lowest BCUT2D eigenvalue weighted by Gasteiger charge is -2.31. The highest BCUT2D eigenvalue weighted by Gasteiger charge is 2.30. The van der Waals surface area contributed by atoms with E-state index in [1.165, 1.54) is 22.8 Å². The summed E-state index contributed by atoms with van der Waals surface area (Å²) in [6, 6.07) is 15.9. The smallest absolute Gasteiger partial charge is 0.351 e. The van der Waals surface area contributed by atoms with Crippen molar-refractivity contribution in [2.45, 2.75) is 24.7 Å². The molecule has 12 heteroatoms. The van der Waals surface area contributed by atoms with Crippen LogP contribution in [0.25, 0.3) is 10.4 Å². The van der Waals surface area contributed by atoms with Gasteiger partial charge in [0.05, 0.1) is 34.6 Å². The molecule has 0 saturated carbocycles. The highest BCUT2D eigenvalue weighted by atomic mass is 79.9. The van der Waals surface area contributed by atoms with Crippen molar-refractivity contribution < 1.29 is 37.0 Å². The third-order valence-electron chi connectivity index (χ3n) is 6.36. The van der Waals surface area contributed by atoms with Gasteiger partial charge in [-0.15, -0.1) is 11.3 Å². The van der Waals surface area contributed by atoms with E-state index in [0.29, 0.717) is 52.5 Å². The highest BCUT2D eigenvalue weighted by molar-refractivity contribution is 9.10. The molecule has 214 valence electrons. The topological polar surface area (TPSA) is 108 Å². The Balaban J connectivity index is 1.41. The molecule has 9 nitrogen and oxygen atoms in total. The summed E-state index contributed by atoms with van der Waals surface area (Å²) < 4.78 is 49.4. The third kappa shape index (κ3) is 7.03. The highest BCUT2D eigenvalue weighted by Crippen LogP contribution is 2.46. The van der Waals surface area contributed by atoms with Crippen LogP contribution in [0.2, 0.25) is 0 Å². The van der Waals surface area contributed by atoms with Gasteiger partial charge < -0.3 is 18.9 Å². The number of methoxy groups -OCH3 is 1. The van der Waals surface area contributed by atoms with E-state index in [1.807, 2.05) is 24.3 Å². The molecule has 2 aromatic carbocycles. The Morgan fingerprint density at radius 2 is 1.77 bits per heavy atom. The van der Waals surface area contributed by atoms with Crippen LogP contribution in [0.1, 0.15) is 29.4 Å². The fraction of sp³-hybridized carbons (Fsp3) is 0.357. The van der Waals surface area contributed by atoms with Crippen molar-refractivity contribution >= 4 is 49.2 Å². The van der Waals surface area contributed by atoms with Gasteiger partial charge in [-0.05, 0) is 71.4 Å². The van der Waals surface area contributed by atoms with Gasteiger partial charge in [-0.1, -0.05) is 30.3 Å². The standard InChI is InChI=1S/C28H30BrNO8S2/c1-3-36-23(31)18-38-25-24(29)26(39-27(25)28(32)35-2)20-8-7-9-21(16-20)37-17-19-12-14-30(15-13-19)40(33,34)22-10-5-4-6-11-22/h4-11,16,19H,3,12-15,17-18H2,1-2H3. The van der Waals surface area contributed by atoms with Crippen molar-refractivity contribution in [1.29, 1.82) is 0 Å². The SMILES string of the molecule is CCOC(=O)COc1c(C(=O)OC)sc(-c2cccc(OCC3CCN(S(=O)(=O)c4ccccc4)CC3)c2)c1Br. The van der Waals surface area contributed by atoms with Gasteiger partial charge in [-0.2, -0.15) is 4.31 Å². The Hall–Kier alpha value is -2.93. The number of ether oxygens (including phenoxy) is 4. The molecule has 3 aromatic rings. The summed E-state index contributed by atoms with van der Waals surface area (Å²) in [5, 5.41) is 0. The van der Waals surface area contributed by atoms with Crippen molar-refractivity contribution in [1.82, 2.24) is 4.31 Å². The third-order valence-corrected chi connectivity index (χ3v) is 10.5. The number of nitrogens with zero attached hydrogens (tertiary/aromatic N) is 1. The van der Waals surface area contributed by atoms with Gasteiger partial charge in [0.1, 0.15) is 5.75 Å². The van der Waals surface area contributed by atoms with Crippen LogP contribution in [-0.4, -0.2) is 64.7 Å². The zero-order valence-corrected chi connectivity index (χ0v) is 25.3. The lowest BCUT2D eigenvalue weighted by atomic mass is 9.99. The van der Waals surface area contributed by atoms with E-state index in [9.17, 15) is 18.0 Å². The van der Waals surface area contributed by atoms with Crippen LogP contribution in [0.4, 0.5) is 0 Å². The molecule has 0 aliphatic carbocycles. The molecule has 0 N–H and O–H groups in total. The minimum Gasteiger partial charge on any atom is -0.493 e. The van der Waals surface area contributed by atoms with Gasteiger partial charge in [-0.3, -0.25) is 0 Å². The molecule has 4 rings (SSSR count). The van der Waals surface area contributed by atoms with Gasteiger partial charge >= 0.3 is 11.9 Å². The minimum absolute atomic E-state index is 0.212. The van der Waals surface area contributed by atoms with E-state index in [1.54, 1.807) is 37.3 Å². The van der Waals surface area contributed by atoms with Crippen LogP contribution in [0.3, 0.4) is 0 Å². The number of carbonyl (C=O) groups is 2. The van der Waals surface area contributed by atoms with Crippen molar-refractivity contribution in [3.8, 4) is 21.9 Å². The second-order valence-electron chi connectivity index (χ2n) is 8.99. The molecule has 0 spiro atoms. The van der Waals surface area contributed by atoms with Crippen LogP contribution >= 0.6 is 27.3 Å². The number of sulfonamides is 1. The zero-order chi connectivity index (χ0) is 28.7. The lowest BCUT2D eigenvalue weighted by Crippen LogP contribution is -2.39. The largest absolute Gasteiger partial charge is 0.493 e. The Morgan fingerprint density at radius 1 is 1.05 bits per heavy atom. The number of thiophene rings is 1. The molecule has 0 atom stereocenters. The van der Waals surface area contributed by atoms with E-state index in [2.05, 4.69) is 15.9 Å². The Labute approximate surface area is 246 Å². The summed E-state index contributed by atoms with van der Waals surface area (Å²) in [5.74, 6) is -0.0527.